The van der Waals surface area contributed by atoms with Crippen molar-refractivity contribution < 1.29 is 23.2 Å². The Morgan fingerprint density at radius 1 is 1.09 bits per heavy atom. The molecular formula is C25H29F2N3O3. The Hall–Kier alpha value is -3.03. The summed E-state index contributed by atoms with van der Waals surface area (Å²) in [6.07, 6.45) is 2.61. The molecule has 8 heteroatoms. The number of amides is 2. The van der Waals surface area contributed by atoms with Crippen LogP contribution in [0.4, 0.5) is 14.5 Å². The van der Waals surface area contributed by atoms with Crippen LogP contribution in [0.25, 0.3) is 0 Å². The zero-order valence-electron chi connectivity index (χ0n) is 19.4. The van der Waals surface area contributed by atoms with Crippen molar-refractivity contribution in [2.45, 2.75) is 77.6 Å². The maximum atomic E-state index is 14.0. The van der Waals surface area contributed by atoms with E-state index in [0.717, 1.165) is 18.5 Å². The van der Waals surface area contributed by atoms with Gasteiger partial charge in [-0.05, 0) is 76.3 Å². The maximum absolute atomic E-state index is 14.0. The predicted octanol–water partition coefficient (Wildman–Crippen LogP) is 4.41. The summed E-state index contributed by atoms with van der Waals surface area (Å²) in [7, 11) is 0. The number of carbonyl (C=O) groups excluding carboxylic acids is 3. The van der Waals surface area contributed by atoms with E-state index in [1.807, 2.05) is 0 Å². The number of ketones is 1. The summed E-state index contributed by atoms with van der Waals surface area (Å²) in [5.74, 6) is -2.27. The van der Waals surface area contributed by atoms with Crippen molar-refractivity contribution in [3.63, 3.8) is 0 Å². The highest BCUT2D eigenvalue weighted by molar-refractivity contribution is 6.43. The van der Waals surface area contributed by atoms with Gasteiger partial charge in [-0.3, -0.25) is 14.4 Å². The molecule has 2 aliphatic rings. The van der Waals surface area contributed by atoms with E-state index >= 15 is 0 Å². The molecule has 0 atom stereocenters. The van der Waals surface area contributed by atoms with E-state index in [9.17, 15) is 23.2 Å². The number of Topliss-reactive ketones (excluding diaryl/α,β-unsaturated/α-hetero) is 1. The molecule has 2 amide bonds. The first-order chi connectivity index (χ1) is 15.4. The van der Waals surface area contributed by atoms with Crippen molar-refractivity contribution in [1.29, 1.82) is 0 Å². The average molecular weight is 458 g/mol. The van der Waals surface area contributed by atoms with Gasteiger partial charge in [-0.25, -0.2) is 8.78 Å². The zero-order valence-corrected chi connectivity index (χ0v) is 19.4. The van der Waals surface area contributed by atoms with Crippen LogP contribution >= 0.6 is 0 Å². The van der Waals surface area contributed by atoms with Gasteiger partial charge in [-0.15, -0.1) is 0 Å². The second kappa shape index (κ2) is 8.08. The Kier molecular flexibility index (Phi) is 5.66. The molecule has 2 N–H and O–H groups in total. The lowest BCUT2D eigenvalue weighted by Gasteiger charge is -2.48. The number of hydrogen-bond donors (Lipinski definition) is 2. The van der Waals surface area contributed by atoms with Crippen molar-refractivity contribution in [2.24, 2.45) is 0 Å². The number of fused-ring (bicyclic) bond motifs is 1. The number of nitrogens with zero attached hydrogens (tertiary/aromatic N) is 1. The summed E-state index contributed by atoms with van der Waals surface area (Å²) < 4.78 is 29.3. The van der Waals surface area contributed by atoms with Gasteiger partial charge in [0.2, 0.25) is 0 Å². The third kappa shape index (κ3) is 4.30. The first-order valence-electron chi connectivity index (χ1n) is 11.3. The molecule has 1 fully saturated rings. The Morgan fingerprint density at radius 3 is 2.42 bits per heavy atom. The zero-order chi connectivity index (χ0) is 24.1. The molecule has 4 rings (SSSR count). The quantitative estimate of drug-likeness (QED) is 0.516. The van der Waals surface area contributed by atoms with E-state index in [1.165, 1.54) is 19.1 Å². The smallest absolute Gasteiger partial charge is 0.294 e. The normalized spacial score (nSPS) is 23.9. The van der Waals surface area contributed by atoms with E-state index < -0.39 is 28.8 Å². The molecule has 0 bridgehead atoms. The molecule has 176 valence electrons. The van der Waals surface area contributed by atoms with Crippen LogP contribution in [-0.4, -0.2) is 33.4 Å². The number of aromatic nitrogens is 1. The lowest BCUT2D eigenvalue weighted by Crippen LogP contribution is -2.61. The van der Waals surface area contributed by atoms with E-state index in [-0.39, 0.29) is 24.4 Å². The second-order valence-electron chi connectivity index (χ2n) is 9.93. The summed E-state index contributed by atoms with van der Waals surface area (Å²) in [5.41, 5.74) is 0.487. The monoisotopic (exact) mass is 457 g/mol. The number of anilines is 1. The van der Waals surface area contributed by atoms with Gasteiger partial charge in [0.25, 0.3) is 17.6 Å². The largest absolute Gasteiger partial charge is 0.344 e. The third-order valence-corrected chi connectivity index (χ3v) is 6.66. The summed E-state index contributed by atoms with van der Waals surface area (Å²) >= 11 is 0. The first kappa shape index (κ1) is 23.1. The van der Waals surface area contributed by atoms with Gasteiger partial charge < -0.3 is 15.2 Å². The Balaban J connectivity index is 1.63. The molecule has 0 radical (unpaired) electrons. The van der Waals surface area contributed by atoms with Gasteiger partial charge in [0.05, 0.1) is 11.3 Å². The lowest BCUT2D eigenvalue weighted by molar-refractivity contribution is -0.122. The van der Waals surface area contributed by atoms with Crippen LogP contribution in [0.3, 0.4) is 0 Å². The van der Waals surface area contributed by atoms with E-state index in [4.69, 9.17) is 0 Å². The van der Waals surface area contributed by atoms with Gasteiger partial charge in [-0.1, -0.05) is 0 Å². The fourth-order valence-corrected chi connectivity index (χ4v) is 5.49. The number of aryl methyl sites for hydroxylation is 1. The van der Waals surface area contributed by atoms with Crippen molar-refractivity contribution in [3.8, 4) is 0 Å². The van der Waals surface area contributed by atoms with Crippen LogP contribution in [0.15, 0.2) is 18.2 Å². The minimum atomic E-state index is -1.35. The topological polar surface area (TPSA) is 80.2 Å². The number of nitrogens with one attached hydrogen (secondary N) is 2. The molecule has 1 aliphatic carbocycles. The molecule has 2 heterocycles. The molecule has 0 spiro atoms. The minimum Gasteiger partial charge on any atom is -0.344 e. The maximum Gasteiger partial charge on any atom is 0.294 e. The van der Waals surface area contributed by atoms with Crippen molar-refractivity contribution in [3.05, 3.63) is 52.1 Å². The van der Waals surface area contributed by atoms with Gasteiger partial charge in [-0.2, -0.15) is 0 Å². The van der Waals surface area contributed by atoms with Crippen LogP contribution in [0.2, 0.25) is 0 Å². The molecule has 1 aliphatic heterocycles. The third-order valence-electron chi connectivity index (χ3n) is 6.66. The highest BCUT2D eigenvalue weighted by Gasteiger charge is 2.51. The fraction of sp³-hybridized carbons (Fsp3) is 0.480. The SMILES string of the molecule is Cc1cc(NC(=O)c2c(C)c(C(=O)C(=O)NC3(C)CC(C)(F)C3)n3c2CCCC3)ccc1F. The summed E-state index contributed by atoms with van der Waals surface area (Å²) in [6.45, 7) is 7.01. The van der Waals surface area contributed by atoms with E-state index in [1.54, 1.807) is 31.4 Å². The number of carbonyl (C=O) groups is 3. The summed E-state index contributed by atoms with van der Waals surface area (Å²) in [4.78, 5) is 39.2. The van der Waals surface area contributed by atoms with Gasteiger partial charge in [0, 0.05) is 36.3 Å². The average Bonchev–Trinajstić information content (AvgIpc) is 3.00. The van der Waals surface area contributed by atoms with Gasteiger partial charge >= 0.3 is 0 Å². The molecule has 2 aromatic rings. The second-order valence-corrected chi connectivity index (χ2v) is 9.93. The molecule has 1 aromatic carbocycles. The molecule has 6 nitrogen and oxygen atoms in total. The highest BCUT2D eigenvalue weighted by atomic mass is 19.1. The van der Waals surface area contributed by atoms with Crippen molar-refractivity contribution in [1.82, 2.24) is 9.88 Å². The minimum absolute atomic E-state index is 0.148. The van der Waals surface area contributed by atoms with E-state index in [0.29, 0.717) is 35.3 Å². The number of halogens is 2. The molecule has 33 heavy (non-hydrogen) atoms. The first-order valence-corrected chi connectivity index (χ1v) is 11.3. The van der Waals surface area contributed by atoms with Crippen LogP contribution in [0.1, 0.15) is 77.2 Å². The predicted molar refractivity (Wildman–Crippen MR) is 121 cm³/mol. The van der Waals surface area contributed by atoms with Crippen molar-refractivity contribution >= 4 is 23.3 Å². The number of alkyl halides is 1. The van der Waals surface area contributed by atoms with Gasteiger partial charge in [0.1, 0.15) is 11.5 Å². The summed E-state index contributed by atoms with van der Waals surface area (Å²) in [5, 5.41) is 5.48. The number of benzene rings is 1. The van der Waals surface area contributed by atoms with Crippen LogP contribution in [0, 0.1) is 19.7 Å². The molecular weight excluding hydrogens is 428 g/mol. The standard InChI is InChI=1S/C25H29F2N3O3/c1-14-11-16(8-9-17(14)26)28-22(32)19-15(2)20(30-10-6-5-7-18(19)30)21(31)23(33)29-25(4)12-24(3,27)13-25/h8-9,11H,5-7,10,12-13H2,1-4H3,(H,28,32)(H,29,33). The summed E-state index contributed by atoms with van der Waals surface area (Å²) in [6, 6.07) is 4.31. The molecule has 0 saturated heterocycles. The van der Waals surface area contributed by atoms with Crippen molar-refractivity contribution in [2.75, 3.05) is 5.32 Å². The number of hydrogen-bond acceptors (Lipinski definition) is 3. The Labute approximate surface area is 191 Å². The fourth-order valence-electron chi connectivity index (χ4n) is 5.49. The molecule has 0 unspecified atom stereocenters. The molecule has 1 saturated carbocycles. The highest BCUT2D eigenvalue weighted by Crippen LogP contribution is 2.43. The van der Waals surface area contributed by atoms with Crippen LogP contribution < -0.4 is 10.6 Å². The van der Waals surface area contributed by atoms with E-state index in [2.05, 4.69) is 10.6 Å². The lowest BCUT2D eigenvalue weighted by atomic mass is 9.68. The van der Waals surface area contributed by atoms with Crippen LogP contribution in [0.5, 0.6) is 0 Å². The van der Waals surface area contributed by atoms with Crippen LogP contribution in [-0.2, 0) is 17.8 Å². The molecule has 1 aromatic heterocycles. The Bertz CT molecular complexity index is 1160. The number of rotatable bonds is 5. The van der Waals surface area contributed by atoms with Gasteiger partial charge in [0.15, 0.2) is 0 Å². The Morgan fingerprint density at radius 2 is 1.79 bits per heavy atom.